The van der Waals surface area contributed by atoms with Crippen molar-refractivity contribution in [3.8, 4) is 10.6 Å². The molecule has 5 rings (SSSR count). The maximum atomic E-state index is 13.1. The van der Waals surface area contributed by atoms with Gasteiger partial charge in [-0.2, -0.15) is 5.10 Å². The number of furan rings is 1. The number of hydrogen-bond acceptors (Lipinski definition) is 6. The summed E-state index contributed by atoms with van der Waals surface area (Å²) in [5.41, 5.74) is 1.81. The van der Waals surface area contributed by atoms with Crippen LogP contribution in [0.5, 0.6) is 0 Å². The van der Waals surface area contributed by atoms with E-state index in [-0.39, 0.29) is 23.6 Å². The molecular weight excluding hydrogens is 438 g/mol. The van der Waals surface area contributed by atoms with E-state index in [0.717, 1.165) is 10.4 Å². The van der Waals surface area contributed by atoms with Gasteiger partial charge in [-0.1, -0.05) is 36.4 Å². The fourth-order valence-corrected chi connectivity index (χ4v) is 4.64. The maximum absolute atomic E-state index is 13.1. The van der Waals surface area contributed by atoms with Gasteiger partial charge in [-0.3, -0.25) is 14.9 Å². The fourth-order valence-electron chi connectivity index (χ4n) is 3.96. The van der Waals surface area contributed by atoms with Gasteiger partial charge in [0.05, 0.1) is 17.1 Å². The number of benzene rings is 1. The van der Waals surface area contributed by atoms with E-state index in [4.69, 9.17) is 9.52 Å². The zero-order valence-corrected chi connectivity index (χ0v) is 18.7. The molecule has 3 N–H and O–H groups in total. The highest BCUT2D eigenvalue weighted by molar-refractivity contribution is 7.13. The van der Waals surface area contributed by atoms with E-state index < -0.39 is 12.2 Å². The van der Waals surface area contributed by atoms with Crippen molar-refractivity contribution in [2.75, 3.05) is 5.32 Å². The van der Waals surface area contributed by atoms with Crippen LogP contribution in [0.2, 0.25) is 0 Å². The number of carbonyl (C=O) groups is 2. The summed E-state index contributed by atoms with van der Waals surface area (Å²) < 4.78 is 6.81. The van der Waals surface area contributed by atoms with Gasteiger partial charge in [0, 0.05) is 12.1 Å². The summed E-state index contributed by atoms with van der Waals surface area (Å²) in [6.07, 6.45) is 1.47. The first kappa shape index (κ1) is 21.2. The van der Waals surface area contributed by atoms with Crippen LogP contribution in [0.25, 0.3) is 10.6 Å². The molecule has 0 aliphatic carbocycles. The Hall–Kier alpha value is -3.69. The molecule has 1 aromatic carbocycles. The van der Waals surface area contributed by atoms with Crippen LogP contribution in [0.15, 0.2) is 76.7 Å². The Morgan fingerprint density at radius 3 is 2.73 bits per heavy atom. The molecule has 168 valence electrons. The lowest BCUT2D eigenvalue weighted by Gasteiger charge is -2.36. The molecule has 1 aliphatic heterocycles. The molecule has 33 heavy (non-hydrogen) atoms. The van der Waals surface area contributed by atoms with Gasteiger partial charge in [0.25, 0.3) is 5.91 Å². The minimum Gasteiger partial charge on any atom is -0.459 e. The van der Waals surface area contributed by atoms with Crippen molar-refractivity contribution < 1.29 is 14.0 Å². The number of amides is 2. The molecule has 1 saturated heterocycles. The number of nitrogens with zero attached hydrogens (tertiary/aromatic N) is 2. The van der Waals surface area contributed by atoms with Crippen LogP contribution >= 0.6 is 11.3 Å². The second kappa shape index (κ2) is 9.05. The summed E-state index contributed by atoms with van der Waals surface area (Å²) in [6, 6.07) is 18.8. The van der Waals surface area contributed by atoms with Crippen LogP contribution in [0, 0.1) is 5.92 Å². The summed E-state index contributed by atoms with van der Waals surface area (Å²) in [7, 11) is 0. The number of thiophene rings is 1. The van der Waals surface area contributed by atoms with Crippen LogP contribution in [-0.4, -0.2) is 27.6 Å². The Labute approximate surface area is 194 Å². The molecule has 1 aliphatic rings. The normalized spacial score (nSPS) is 20.4. The Bertz CT molecular complexity index is 1230. The molecule has 3 aromatic heterocycles. The van der Waals surface area contributed by atoms with Gasteiger partial charge >= 0.3 is 0 Å². The maximum Gasteiger partial charge on any atom is 0.292 e. The van der Waals surface area contributed by atoms with Crippen molar-refractivity contribution in [2.45, 2.75) is 25.7 Å². The number of aromatic nitrogens is 2. The molecule has 3 atom stereocenters. The molecule has 9 heteroatoms. The van der Waals surface area contributed by atoms with Crippen molar-refractivity contribution in [3.63, 3.8) is 0 Å². The lowest BCUT2D eigenvalue weighted by atomic mass is 9.91. The first-order valence-electron chi connectivity index (χ1n) is 10.7. The number of anilines is 1. The lowest BCUT2D eigenvalue weighted by Crippen LogP contribution is -2.58. The van der Waals surface area contributed by atoms with Crippen LogP contribution in [0.1, 0.15) is 29.3 Å². The Balaban J connectivity index is 1.40. The van der Waals surface area contributed by atoms with E-state index in [1.807, 2.05) is 54.8 Å². The summed E-state index contributed by atoms with van der Waals surface area (Å²) in [4.78, 5) is 26.7. The Morgan fingerprint density at radius 1 is 1.18 bits per heavy atom. The molecule has 0 bridgehead atoms. The van der Waals surface area contributed by atoms with E-state index in [9.17, 15) is 9.59 Å². The molecule has 4 heterocycles. The van der Waals surface area contributed by atoms with Crippen molar-refractivity contribution in [2.24, 2.45) is 5.92 Å². The van der Waals surface area contributed by atoms with Crippen LogP contribution in [0.4, 0.5) is 5.82 Å². The quantitative estimate of drug-likeness (QED) is 0.405. The highest BCUT2D eigenvalue weighted by Crippen LogP contribution is 2.29. The van der Waals surface area contributed by atoms with E-state index >= 15 is 0 Å². The number of nitrogens with one attached hydrogen (secondary N) is 3. The molecule has 8 nitrogen and oxygen atoms in total. The number of hydrogen-bond donors (Lipinski definition) is 3. The van der Waals surface area contributed by atoms with Crippen LogP contribution < -0.4 is 16.0 Å². The van der Waals surface area contributed by atoms with Gasteiger partial charge in [-0.15, -0.1) is 11.3 Å². The summed E-state index contributed by atoms with van der Waals surface area (Å²) in [5, 5.41) is 16.0. The third-order valence-corrected chi connectivity index (χ3v) is 6.57. The SMILES string of the molecule is CC1NC(n2nc(-c3cccs3)cc2NC(=O)c2ccco2)NC(=O)C1Cc1ccccc1. The van der Waals surface area contributed by atoms with Gasteiger partial charge in [0.2, 0.25) is 5.91 Å². The zero-order chi connectivity index (χ0) is 22.8. The van der Waals surface area contributed by atoms with Gasteiger partial charge in [0.15, 0.2) is 12.0 Å². The second-order valence-corrected chi connectivity index (χ2v) is 8.88. The van der Waals surface area contributed by atoms with Gasteiger partial charge < -0.3 is 15.1 Å². The summed E-state index contributed by atoms with van der Waals surface area (Å²) >= 11 is 1.55. The largest absolute Gasteiger partial charge is 0.459 e. The lowest BCUT2D eigenvalue weighted by molar-refractivity contribution is -0.130. The minimum atomic E-state index is -0.611. The highest BCUT2D eigenvalue weighted by Gasteiger charge is 2.35. The van der Waals surface area contributed by atoms with Gasteiger partial charge in [-0.05, 0) is 42.5 Å². The van der Waals surface area contributed by atoms with E-state index in [1.54, 1.807) is 34.2 Å². The van der Waals surface area contributed by atoms with E-state index in [2.05, 4.69) is 16.0 Å². The van der Waals surface area contributed by atoms with Crippen LogP contribution in [-0.2, 0) is 11.2 Å². The molecular formula is C24H23N5O3S. The van der Waals surface area contributed by atoms with E-state index in [0.29, 0.717) is 17.9 Å². The molecule has 3 unspecified atom stereocenters. The summed E-state index contributed by atoms with van der Waals surface area (Å²) in [5.74, 6) is -0.0385. The monoisotopic (exact) mass is 461 g/mol. The first-order valence-corrected chi connectivity index (χ1v) is 11.5. The topological polar surface area (TPSA) is 101 Å². The second-order valence-electron chi connectivity index (χ2n) is 7.93. The number of rotatable bonds is 6. The van der Waals surface area contributed by atoms with Gasteiger partial charge in [0.1, 0.15) is 11.5 Å². The van der Waals surface area contributed by atoms with Crippen molar-refractivity contribution in [1.82, 2.24) is 20.4 Å². The average molecular weight is 462 g/mol. The van der Waals surface area contributed by atoms with Crippen molar-refractivity contribution >= 4 is 29.0 Å². The minimum absolute atomic E-state index is 0.0633. The number of carbonyl (C=O) groups excluding carboxylic acids is 2. The average Bonchev–Trinajstić information content (AvgIpc) is 3.58. The molecule has 2 amide bonds. The standard InChI is InChI=1S/C24H23N5O3S/c1-15-17(13-16-7-3-2-4-8-16)22(30)27-24(25-15)29-21(26-23(31)19-9-5-11-32-19)14-18(28-29)20-10-6-12-33-20/h2-12,14-15,17,24-25H,13H2,1H3,(H,26,31)(H,27,30). The smallest absolute Gasteiger partial charge is 0.292 e. The van der Waals surface area contributed by atoms with Crippen molar-refractivity contribution in [1.29, 1.82) is 0 Å². The Kier molecular flexibility index (Phi) is 5.80. The highest BCUT2D eigenvalue weighted by atomic mass is 32.1. The molecule has 0 spiro atoms. The first-order chi connectivity index (χ1) is 16.1. The predicted octanol–water partition coefficient (Wildman–Crippen LogP) is 3.88. The molecule has 0 radical (unpaired) electrons. The molecule has 4 aromatic rings. The predicted molar refractivity (Wildman–Crippen MR) is 126 cm³/mol. The third kappa shape index (κ3) is 4.46. The molecule has 0 saturated carbocycles. The third-order valence-electron chi connectivity index (χ3n) is 5.68. The zero-order valence-electron chi connectivity index (χ0n) is 17.9. The summed E-state index contributed by atoms with van der Waals surface area (Å²) in [6.45, 7) is 1.99. The van der Waals surface area contributed by atoms with Crippen molar-refractivity contribution in [3.05, 3.63) is 83.6 Å². The fraction of sp³-hybridized carbons (Fsp3) is 0.208. The van der Waals surface area contributed by atoms with Crippen LogP contribution in [0.3, 0.4) is 0 Å². The van der Waals surface area contributed by atoms with Gasteiger partial charge in [-0.25, -0.2) is 4.68 Å². The Morgan fingerprint density at radius 2 is 2.03 bits per heavy atom. The molecule has 1 fully saturated rings. The van der Waals surface area contributed by atoms with E-state index in [1.165, 1.54) is 6.26 Å².